The summed E-state index contributed by atoms with van der Waals surface area (Å²) in [6.07, 6.45) is 2.49. The van der Waals surface area contributed by atoms with E-state index in [-0.39, 0.29) is 5.95 Å². The summed E-state index contributed by atoms with van der Waals surface area (Å²) in [5, 5.41) is 3.08. The fourth-order valence-corrected chi connectivity index (χ4v) is 2.13. The maximum absolute atomic E-state index is 10.9. The molecule has 0 fully saturated rings. The molecule has 1 atom stereocenters. The third kappa shape index (κ3) is 5.37. The van der Waals surface area contributed by atoms with Crippen molar-refractivity contribution in [2.45, 2.75) is 20.3 Å². The largest absolute Gasteiger partial charge is 0.368 e. The third-order valence-electron chi connectivity index (χ3n) is 2.58. The first-order valence-electron chi connectivity index (χ1n) is 6.37. The fourth-order valence-electron chi connectivity index (χ4n) is 1.58. The van der Waals surface area contributed by atoms with Gasteiger partial charge in [-0.1, -0.05) is 0 Å². The van der Waals surface area contributed by atoms with Crippen molar-refractivity contribution in [3.05, 3.63) is 0 Å². The number of nitrogens with zero attached hydrogens (tertiary/aromatic N) is 4. The molecule has 0 saturated carbocycles. The number of hydrogen-bond donors (Lipinski definition) is 2. The summed E-state index contributed by atoms with van der Waals surface area (Å²) in [5.41, 5.74) is 5.68. The standard InChI is InChI=1S/C11H22N6OS/c1-4-17(5-2)11-15-9(12)14-10(16-11)13-7-6-8-19(3)18/h4-8H2,1-3H3,(H3,12,13,14,15,16). The Hall–Kier alpha value is -1.44. The lowest BCUT2D eigenvalue weighted by atomic mass is 10.5. The average molecular weight is 286 g/mol. The summed E-state index contributed by atoms with van der Waals surface area (Å²) in [4.78, 5) is 14.5. The predicted octanol–water partition coefficient (Wildman–Crippen LogP) is 0.481. The Labute approximate surface area is 116 Å². The zero-order valence-electron chi connectivity index (χ0n) is 11.7. The van der Waals surface area contributed by atoms with E-state index in [2.05, 4.69) is 20.3 Å². The highest BCUT2D eigenvalue weighted by Gasteiger charge is 2.09. The minimum atomic E-state index is -0.768. The Morgan fingerprint density at radius 2 is 1.95 bits per heavy atom. The normalized spacial score (nSPS) is 12.2. The van der Waals surface area contributed by atoms with E-state index >= 15 is 0 Å². The first-order chi connectivity index (χ1) is 9.06. The van der Waals surface area contributed by atoms with E-state index in [1.54, 1.807) is 6.26 Å². The quantitative estimate of drug-likeness (QED) is 0.671. The van der Waals surface area contributed by atoms with Crippen LogP contribution in [0.1, 0.15) is 20.3 Å². The van der Waals surface area contributed by atoms with Crippen molar-refractivity contribution in [1.82, 2.24) is 15.0 Å². The molecule has 0 saturated heterocycles. The lowest BCUT2D eigenvalue weighted by Crippen LogP contribution is -2.25. The van der Waals surface area contributed by atoms with Gasteiger partial charge in [0.15, 0.2) is 0 Å². The predicted molar refractivity (Wildman–Crippen MR) is 79.8 cm³/mol. The van der Waals surface area contributed by atoms with E-state index in [1.165, 1.54) is 0 Å². The highest BCUT2D eigenvalue weighted by molar-refractivity contribution is 7.84. The van der Waals surface area contributed by atoms with Crippen LogP contribution < -0.4 is 16.0 Å². The molecule has 1 aromatic heterocycles. The molecule has 0 aliphatic heterocycles. The zero-order chi connectivity index (χ0) is 14.3. The molecule has 7 nitrogen and oxygen atoms in total. The molecule has 8 heteroatoms. The number of anilines is 3. The second kappa shape index (κ2) is 7.88. The van der Waals surface area contributed by atoms with Gasteiger partial charge >= 0.3 is 0 Å². The van der Waals surface area contributed by atoms with E-state index in [1.807, 2.05) is 18.7 Å². The summed E-state index contributed by atoms with van der Waals surface area (Å²) >= 11 is 0. The second-order valence-corrected chi connectivity index (χ2v) is 5.60. The van der Waals surface area contributed by atoms with Gasteiger partial charge in [0.1, 0.15) is 0 Å². The minimum absolute atomic E-state index is 0.207. The lowest BCUT2D eigenvalue weighted by molar-refractivity contribution is 0.685. The number of rotatable bonds is 8. The Bertz CT molecular complexity index is 424. The SMILES string of the molecule is CCN(CC)c1nc(N)nc(NCCCS(C)=O)n1. The van der Waals surface area contributed by atoms with Crippen molar-refractivity contribution in [2.24, 2.45) is 0 Å². The number of hydrogen-bond acceptors (Lipinski definition) is 7. The molecule has 0 spiro atoms. The second-order valence-electron chi connectivity index (χ2n) is 4.05. The maximum atomic E-state index is 10.9. The van der Waals surface area contributed by atoms with Gasteiger partial charge in [0, 0.05) is 42.4 Å². The summed E-state index contributed by atoms with van der Waals surface area (Å²) in [7, 11) is -0.768. The van der Waals surface area contributed by atoms with Gasteiger partial charge in [0.25, 0.3) is 0 Å². The smallest absolute Gasteiger partial charge is 0.231 e. The van der Waals surface area contributed by atoms with Crippen LogP contribution in [0.4, 0.5) is 17.8 Å². The molecule has 0 radical (unpaired) electrons. The van der Waals surface area contributed by atoms with Crippen molar-refractivity contribution in [1.29, 1.82) is 0 Å². The van der Waals surface area contributed by atoms with Gasteiger partial charge in [-0.2, -0.15) is 15.0 Å². The maximum Gasteiger partial charge on any atom is 0.231 e. The van der Waals surface area contributed by atoms with E-state index in [0.29, 0.717) is 24.2 Å². The van der Waals surface area contributed by atoms with Gasteiger partial charge in [-0.15, -0.1) is 0 Å². The molecule has 1 rings (SSSR count). The monoisotopic (exact) mass is 286 g/mol. The Morgan fingerprint density at radius 1 is 1.26 bits per heavy atom. The highest BCUT2D eigenvalue weighted by atomic mass is 32.2. The van der Waals surface area contributed by atoms with Crippen LogP contribution in [0.2, 0.25) is 0 Å². The van der Waals surface area contributed by atoms with Gasteiger partial charge in [0.2, 0.25) is 17.8 Å². The summed E-state index contributed by atoms with van der Waals surface area (Å²) in [5.74, 6) is 1.92. The molecule has 108 valence electrons. The molecule has 0 aromatic carbocycles. The van der Waals surface area contributed by atoms with Crippen LogP contribution in [-0.4, -0.2) is 50.8 Å². The van der Waals surface area contributed by atoms with Crippen LogP contribution in [0.5, 0.6) is 0 Å². The van der Waals surface area contributed by atoms with Crippen molar-refractivity contribution < 1.29 is 4.21 Å². The van der Waals surface area contributed by atoms with Crippen LogP contribution in [0.25, 0.3) is 0 Å². The topological polar surface area (TPSA) is 97.0 Å². The number of nitrogen functional groups attached to an aromatic ring is 1. The average Bonchev–Trinajstić information content (AvgIpc) is 2.35. The molecule has 3 N–H and O–H groups in total. The van der Waals surface area contributed by atoms with Gasteiger partial charge in [-0.3, -0.25) is 4.21 Å². The van der Waals surface area contributed by atoms with Crippen LogP contribution in [0, 0.1) is 0 Å². The molecular formula is C11H22N6OS. The van der Waals surface area contributed by atoms with Crippen molar-refractivity contribution in [2.75, 3.05) is 47.6 Å². The molecule has 0 amide bonds. The Morgan fingerprint density at radius 3 is 2.53 bits per heavy atom. The van der Waals surface area contributed by atoms with Crippen molar-refractivity contribution >= 4 is 28.6 Å². The van der Waals surface area contributed by atoms with Crippen LogP contribution in [0.3, 0.4) is 0 Å². The van der Waals surface area contributed by atoms with Crippen LogP contribution in [0.15, 0.2) is 0 Å². The molecule has 0 bridgehead atoms. The number of nitrogens with two attached hydrogens (primary N) is 1. The van der Waals surface area contributed by atoms with E-state index in [9.17, 15) is 4.21 Å². The molecular weight excluding hydrogens is 264 g/mol. The van der Waals surface area contributed by atoms with Gasteiger partial charge in [0.05, 0.1) is 0 Å². The first-order valence-corrected chi connectivity index (χ1v) is 8.09. The number of aromatic nitrogens is 3. The molecule has 0 aliphatic carbocycles. The van der Waals surface area contributed by atoms with Crippen LogP contribution in [-0.2, 0) is 10.8 Å². The van der Waals surface area contributed by atoms with E-state index in [0.717, 1.165) is 19.5 Å². The summed E-state index contributed by atoms with van der Waals surface area (Å²) in [6.45, 7) is 6.36. The third-order valence-corrected chi connectivity index (χ3v) is 3.44. The minimum Gasteiger partial charge on any atom is -0.368 e. The fraction of sp³-hybridized carbons (Fsp3) is 0.727. The number of nitrogens with one attached hydrogen (secondary N) is 1. The molecule has 0 aliphatic rings. The molecule has 19 heavy (non-hydrogen) atoms. The van der Waals surface area contributed by atoms with Gasteiger partial charge in [-0.25, -0.2) is 0 Å². The first kappa shape index (κ1) is 15.6. The van der Waals surface area contributed by atoms with Crippen molar-refractivity contribution in [3.8, 4) is 0 Å². The van der Waals surface area contributed by atoms with Crippen LogP contribution >= 0.6 is 0 Å². The van der Waals surface area contributed by atoms with Crippen molar-refractivity contribution in [3.63, 3.8) is 0 Å². The molecule has 1 heterocycles. The van der Waals surface area contributed by atoms with Gasteiger partial charge < -0.3 is 16.0 Å². The molecule has 1 aromatic rings. The van der Waals surface area contributed by atoms with Gasteiger partial charge in [-0.05, 0) is 20.3 Å². The Balaban J connectivity index is 2.65. The molecule has 1 unspecified atom stereocenters. The summed E-state index contributed by atoms with van der Waals surface area (Å²) < 4.78 is 10.9. The zero-order valence-corrected chi connectivity index (χ0v) is 12.5. The van der Waals surface area contributed by atoms with E-state index in [4.69, 9.17) is 5.73 Å². The van der Waals surface area contributed by atoms with E-state index < -0.39 is 10.8 Å². The lowest BCUT2D eigenvalue weighted by Gasteiger charge is -2.18. The highest BCUT2D eigenvalue weighted by Crippen LogP contribution is 2.11. The Kier molecular flexibility index (Phi) is 6.48. The summed E-state index contributed by atoms with van der Waals surface area (Å²) in [6, 6.07) is 0.